The van der Waals surface area contributed by atoms with Gasteiger partial charge in [-0.15, -0.1) is 0 Å². The van der Waals surface area contributed by atoms with Crippen molar-refractivity contribution in [2.24, 2.45) is 0 Å². The molecule has 100 valence electrons. The Kier molecular flexibility index (Phi) is 5.61. The van der Waals surface area contributed by atoms with Crippen molar-refractivity contribution in [2.75, 3.05) is 13.1 Å². The lowest BCUT2D eigenvalue weighted by Crippen LogP contribution is -2.39. The molecule has 0 atom stereocenters. The van der Waals surface area contributed by atoms with Gasteiger partial charge in [-0.05, 0) is 17.7 Å². The number of halogens is 4. The summed E-state index contributed by atoms with van der Waals surface area (Å²) < 4.78 is 36.3. The lowest BCUT2D eigenvalue weighted by atomic mass is 10.2. The maximum absolute atomic E-state index is 11.8. The highest BCUT2D eigenvalue weighted by atomic mass is 79.9. The molecule has 1 aromatic rings. The predicted octanol–water partition coefficient (Wildman–Crippen LogP) is 2.22. The minimum Gasteiger partial charge on any atom is -0.346 e. The van der Waals surface area contributed by atoms with Gasteiger partial charge >= 0.3 is 6.18 Å². The molecule has 0 bridgehead atoms. The van der Waals surface area contributed by atoms with Crippen LogP contribution in [0.15, 0.2) is 28.7 Å². The molecule has 0 aliphatic heterocycles. The quantitative estimate of drug-likeness (QED) is 0.872. The van der Waals surface area contributed by atoms with Crippen molar-refractivity contribution in [3.8, 4) is 0 Å². The zero-order chi connectivity index (χ0) is 13.6. The standard InChI is InChI=1S/C11H12BrF3N2O/c12-9-3-1-8(2-4-9)5-16-6-10(18)17-7-11(13,14)15/h1-4,16H,5-7H2,(H,17,18). The molecule has 0 radical (unpaired) electrons. The van der Waals surface area contributed by atoms with Gasteiger partial charge in [-0.1, -0.05) is 28.1 Å². The van der Waals surface area contributed by atoms with Crippen molar-refractivity contribution in [3.05, 3.63) is 34.3 Å². The van der Waals surface area contributed by atoms with Gasteiger partial charge in [-0.3, -0.25) is 4.79 Å². The largest absolute Gasteiger partial charge is 0.405 e. The zero-order valence-corrected chi connectivity index (χ0v) is 10.9. The molecule has 0 saturated carbocycles. The van der Waals surface area contributed by atoms with E-state index in [1.165, 1.54) is 0 Å². The number of rotatable bonds is 5. The number of hydrogen-bond acceptors (Lipinski definition) is 2. The Morgan fingerprint density at radius 1 is 1.22 bits per heavy atom. The summed E-state index contributed by atoms with van der Waals surface area (Å²) >= 11 is 3.28. The van der Waals surface area contributed by atoms with Crippen LogP contribution in [0.3, 0.4) is 0 Å². The maximum Gasteiger partial charge on any atom is 0.405 e. The van der Waals surface area contributed by atoms with Gasteiger partial charge in [0.15, 0.2) is 0 Å². The number of hydrogen-bond donors (Lipinski definition) is 2. The first-order valence-electron chi connectivity index (χ1n) is 5.15. The van der Waals surface area contributed by atoms with Crippen LogP contribution in [-0.2, 0) is 11.3 Å². The average molecular weight is 325 g/mol. The normalized spacial score (nSPS) is 11.3. The SMILES string of the molecule is O=C(CNCc1ccc(Br)cc1)NCC(F)(F)F. The first-order chi connectivity index (χ1) is 8.37. The molecule has 3 nitrogen and oxygen atoms in total. The van der Waals surface area contributed by atoms with Crippen LogP contribution in [0, 0.1) is 0 Å². The number of benzene rings is 1. The third-order valence-electron chi connectivity index (χ3n) is 2.01. The highest BCUT2D eigenvalue weighted by Gasteiger charge is 2.27. The number of carbonyl (C=O) groups excluding carboxylic acids is 1. The molecule has 1 rings (SSSR count). The molecule has 0 aliphatic rings. The molecule has 0 aromatic heterocycles. The summed E-state index contributed by atoms with van der Waals surface area (Å²) in [5.41, 5.74) is 0.946. The van der Waals surface area contributed by atoms with Crippen molar-refractivity contribution in [1.29, 1.82) is 0 Å². The van der Waals surface area contributed by atoms with Crippen molar-refractivity contribution in [1.82, 2.24) is 10.6 Å². The topological polar surface area (TPSA) is 41.1 Å². The van der Waals surface area contributed by atoms with E-state index in [1.807, 2.05) is 24.3 Å². The van der Waals surface area contributed by atoms with Gasteiger partial charge in [0, 0.05) is 11.0 Å². The second kappa shape index (κ2) is 6.75. The molecule has 0 unspecified atom stereocenters. The Labute approximate surface area is 111 Å². The van der Waals surface area contributed by atoms with Gasteiger partial charge in [-0.2, -0.15) is 13.2 Å². The monoisotopic (exact) mass is 324 g/mol. The Balaban J connectivity index is 2.21. The second-order valence-corrected chi connectivity index (χ2v) is 4.54. The lowest BCUT2D eigenvalue weighted by molar-refractivity contribution is -0.137. The van der Waals surface area contributed by atoms with Crippen molar-refractivity contribution in [3.63, 3.8) is 0 Å². The Bertz CT molecular complexity index is 392. The fourth-order valence-corrected chi connectivity index (χ4v) is 1.45. The fourth-order valence-electron chi connectivity index (χ4n) is 1.18. The van der Waals surface area contributed by atoms with Crippen LogP contribution < -0.4 is 10.6 Å². The second-order valence-electron chi connectivity index (χ2n) is 3.62. The van der Waals surface area contributed by atoms with Crippen molar-refractivity contribution < 1.29 is 18.0 Å². The van der Waals surface area contributed by atoms with Crippen LogP contribution in [0.5, 0.6) is 0 Å². The van der Waals surface area contributed by atoms with Crippen molar-refractivity contribution in [2.45, 2.75) is 12.7 Å². The van der Waals surface area contributed by atoms with Crippen LogP contribution in [0.4, 0.5) is 13.2 Å². The average Bonchev–Trinajstić information content (AvgIpc) is 2.28. The van der Waals surface area contributed by atoms with E-state index in [-0.39, 0.29) is 6.54 Å². The fraction of sp³-hybridized carbons (Fsp3) is 0.364. The third-order valence-corrected chi connectivity index (χ3v) is 2.54. The minimum atomic E-state index is -4.37. The van der Waals surface area contributed by atoms with E-state index in [2.05, 4.69) is 21.2 Å². The highest BCUT2D eigenvalue weighted by Crippen LogP contribution is 2.12. The first kappa shape index (κ1) is 15.0. The van der Waals surface area contributed by atoms with Gasteiger partial charge in [0.25, 0.3) is 0 Å². The third kappa shape index (κ3) is 6.61. The molecule has 2 N–H and O–H groups in total. The van der Waals surface area contributed by atoms with E-state index in [4.69, 9.17) is 0 Å². The summed E-state index contributed by atoms with van der Waals surface area (Å²) in [6.07, 6.45) is -4.37. The molecular formula is C11H12BrF3N2O. The summed E-state index contributed by atoms with van der Waals surface area (Å²) in [7, 11) is 0. The first-order valence-corrected chi connectivity index (χ1v) is 5.95. The molecule has 18 heavy (non-hydrogen) atoms. The molecule has 1 amide bonds. The predicted molar refractivity (Wildman–Crippen MR) is 64.9 cm³/mol. The lowest BCUT2D eigenvalue weighted by Gasteiger charge is -2.09. The summed E-state index contributed by atoms with van der Waals surface area (Å²) in [5, 5.41) is 4.55. The van der Waals surface area contributed by atoms with E-state index in [0.717, 1.165) is 10.0 Å². The molecule has 0 spiro atoms. The summed E-state index contributed by atoms with van der Waals surface area (Å²) in [6, 6.07) is 7.40. The highest BCUT2D eigenvalue weighted by molar-refractivity contribution is 9.10. The number of carbonyl (C=O) groups is 1. The van der Waals surface area contributed by atoms with Crippen LogP contribution in [0.2, 0.25) is 0 Å². The maximum atomic E-state index is 11.8. The van der Waals surface area contributed by atoms with Gasteiger partial charge in [-0.25, -0.2) is 0 Å². The molecule has 0 fully saturated rings. The Morgan fingerprint density at radius 3 is 2.39 bits per heavy atom. The summed E-state index contributed by atoms with van der Waals surface area (Å²) in [4.78, 5) is 11.1. The van der Waals surface area contributed by atoms with E-state index >= 15 is 0 Å². The van der Waals surface area contributed by atoms with Gasteiger partial charge in [0.05, 0.1) is 6.54 Å². The molecule has 0 saturated heterocycles. The Hall–Kier alpha value is -1.08. The van der Waals surface area contributed by atoms with E-state index in [1.54, 1.807) is 5.32 Å². The molecule has 1 aromatic carbocycles. The summed E-state index contributed by atoms with van der Waals surface area (Å²) in [5.74, 6) is -0.676. The van der Waals surface area contributed by atoms with E-state index < -0.39 is 18.6 Å². The number of nitrogens with one attached hydrogen (secondary N) is 2. The van der Waals surface area contributed by atoms with E-state index in [9.17, 15) is 18.0 Å². The van der Waals surface area contributed by atoms with Crippen LogP contribution in [0.1, 0.15) is 5.56 Å². The smallest absolute Gasteiger partial charge is 0.346 e. The molecule has 0 aliphatic carbocycles. The van der Waals surface area contributed by atoms with Crippen LogP contribution >= 0.6 is 15.9 Å². The zero-order valence-electron chi connectivity index (χ0n) is 9.35. The Morgan fingerprint density at radius 2 is 1.83 bits per heavy atom. The van der Waals surface area contributed by atoms with Crippen LogP contribution in [-0.4, -0.2) is 25.2 Å². The van der Waals surface area contributed by atoms with Gasteiger partial charge in [0.1, 0.15) is 6.54 Å². The molecule has 0 heterocycles. The molecule has 7 heteroatoms. The van der Waals surface area contributed by atoms with Gasteiger partial charge in [0.2, 0.25) is 5.91 Å². The minimum absolute atomic E-state index is 0.147. The number of alkyl halides is 3. The summed E-state index contributed by atoms with van der Waals surface area (Å²) in [6.45, 7) is -1.02. The van der Waals surface area contributed by atoms with Crippen molar-refractivity contribution >= 4 is 21.8 Å². The van der Waals surface area contributed by atoms with Gasteiger partial charge < -0.3 is 10.6 Å². The van der Waals surface area contributed by atoms with Crippen LogP contribution in [0.25, 0.3) is 0 Å². The number of amides is 1. The van der Waals surface area contributed by atoms with E-state index in [0.29, 0.717) is 6.54 Å². The molecular weight excluding hydrogens is 313 g/mol.